The molecule has 1 aliphatic rings. The second-order valence-electron chi connectivity index (χ2n) is 8.92. The molecule has 7 heteroatoms. The fourth-order valence-electron chi connectivity index (χ4n) is 4.50. The van der Waals surface area contributed by atoms with Crippen LogP contribution in [0.3, 0.4) is 0 Å². The Morgan fingerprint density at radius 3 is 2.34 bits per heavy atom. The SMILES string of the molecule is Cc1ccc(C)c2c1NC(=O)C2CC(=O)NC(Cc1ccccc1)C(=O)N(C)c1ccc(F)cc1. The Morgan fingerprint density at radius 1 is 1.00 bits per heavy atom. The molecule has 1 heterocycles. The Labute approximate surface area is 204 Å². The molecule has 2 atom stereocenters. The number of halogens is 1. The van der Waals surface area contributed by atoms with Crippen molar-refractivity contribution in [2.24, 2.45) is 0 Å². The number of aryl methyl sites for hydroxylation is 2. The first-order valence-electron chi connectivity index (χ1n) is 11.5. The number of likely N-dealkylation sites (N-methyl/N-ethyl adjacent to an activating group) is 1. The lowest BCUT2D eigenvalue weighted by Gasteiger charge is -2.25. The lowest BCUT2D eigenvalue weighted by atomic mass is 9.91. The lowest BCUT2D eigenvalue weighted by Crippen LogP contribution is -2.49. The van der Waals surface area contributed by atoms with Gasteiger partial charge in [-0.3, -0.25) is 14.4 Å². The van der Waals surface area contributed by atoms with E-state index in [2.05, 4.69) is 10.6 Å². The van der Waals surface area contributed by atoms with Crippen LogP contribution in [-0.2, 0) is 20.8 Å². The van der Waals surface area contributed by atoms with E-state index in [0.29, 0.717) is 5.69 Å². The molecule has 0 aliphatic carbocycles. The van der Waals surface area contributed by atoms with E-state index in [-0.39, 0.29) is 30.6 Å². The van der Waals surface area contributed by atoms with E-state index in [1.165, 1.54) is 29.2 Å². The van der Waals surface area contributed by atoms with Crippen molar-refractivity contribution in [3.05, 3.63) is 94.8 Å². The largest absolute Gasteiger partial charge is 0.344 e. The first kappa shape index (κ1) is 24.1. The number of hydrogen-bond acceptors (Lipinski definition) is 3. The lowest BCUT2D eigenvalue weighted by molar-refractivity contribution is -0.128. The van der Waals surface area contributed by atoms with Gasteiger partial charge in [0.15, 0.2) is 0 Å². The molecule has 6 nitrogen and oxygen atoms in total. The van der Waals surface area contributed by atoms with Crippen molar-refractivity contribution >= 4 is 29.1 Å². The zero-order valence-corrected chi connectivity index (χ0v) is 20.0. The van der Waals surface area contributed by atoms with Gasteiger partial charge in [-0.2, -0.15) is 0 Å². The molecule has 180 valence electrons. The minimum absolute atomic E-state index is 0.0675. The molecule has 0 bridgehead atoms. The smallest absolute Gasteiger partial charge is 0.249 e. The average Bonchev–Trinajstić information content (AvgIpc) is 3.18. The van der Waals surface area contributed by atoms with Gasteiger partial charge in [-0.05, 0) is 60.4 Å². The molecule has 0 saturated carbocycles. The van der Waals surface area contributed by atoms with Crippen molar-refractivity contribution in [2.75, 3.05) is 17.3 Å². The number of nitrogens with zero attached hydrogens (tertiary/aromatic N) is 1. The molecule has 3 aromatic carbocycles. The Balaban J connectivity index is 1.55. The Morgan fingerprint density at radius 2 is 1.66 bits per heavy atom. The second kappa shape index (κ2) is 10.1. The van der Waals surface area contributed by atoms with Gasteiger partial charge in [0.25, 0.3) is 0 Å². The Kier molecular flexibility index (Phi) is 6.96. The van der Waals surface area contributed by atoms with Crippen molar-refractivity contribution in [1.82, 2.24) is 5.32 Å². The van der Waals surface area contributed by atoms with Gasteiger partial charge in [0.1, 0.15) is 11.9 Å². The van der Waals surface area contributed by atoms with Gasteiger partial charge >= 0.3 is 0 Å². The van der Waals surface area contributed by atoms with Gasteiger partial charge in [-0.1, -0.05) is 42.5 Å². The van der Waals surface area contributed by atoms with Crippen LogP contribution in [0.1, 0.15) is 34.6 Å². The van der Waals surface area contributed by atoms with Crippen molar-refractivity contribution in [1.29, 1.82) is 0 Å². The molecule has 3 aromatic rings. The van der Waals surface area contributed by atoms with Crippen LogP contribution in [0, 0.1) is 19.7 Å². The summed E-state index contributed by atoms with van der Waals surface area (Å²) in [4.78, 5) is 40.7. The third kappa shape index (κ3) is 5.24. The second-order valence-corrected chi connectivity index (χ2v) is 8.92. The molecule has 3 amide bonds. The number of nitrogens with one attached hydrogen (secondary N) is 2. The predicted molar refractivity (Wildman–Crippen MR) is 134 cm³/mol. The molecule has 0 spiro atoms. The van der Waals surface area contributed by atoms with Gasteiger partial charge in [-0.15, -0.1) is 0 Å². The molecule has 0 radical (unpaired) electrons. The number of fused-ring (bicyclic) bond motifs is 1. The van der Waals surface area contributed by atoms with Crippen LogP contribution in [0.5, 0.6) is 0 Å². The molecule has 1 aliphatic heterocycles. The van der Waals surface area contributed by atoms with Gasteiger partial charge in [-0.25, -0.2) is 4.39 Å². The molecule has 35 heavy (non-hydrogen) atoms. The third-order valence-electron chi connectivity index (χ3n) is 6.43. The van der Waals surface area contributed by atoms with Gasteiger partial charge < -0.3 is 15.5 Å². The van der Waals surface area contributed by atoms with Crippen molar-refractivity contribution < 1.29 is 18.8 Å². The van der Waals surface area contributed by atoms with Crippen LogP contribution in [0.4, 0.5) is 15.8 Å². The Hall–Kier alpha value is -4.00. The first-order chi connectivity index (χ1) is 16.7. The van der Waals surface area contributed by atoms with Crippen LogP contribution < -0.4 is 15.5 Å². The maximum atomic E-state index is 13.4. The summed E-state index contributed by atoms with van der Waals surface area (Å²) >= 11 is 0. The molecule has 0 fully saturated rings. The highest BCUT2D eigenvalue weighted by molar-refractivity contribution is 6.06. The summed E-state index contributed by atoms with van der Waals surface area (Å²) in [5.74, 6) is -1.96. The van der Waals surface area contributed by atoms with E-state index in [1.807, 2.05) is 56.3 Å². The summed E-state index contributed by atoms with van der Waals surface area (Å²) in [6, 6.07) is 18.0. The maximum Gasteiger partial charge on any atom is 0.249 e. The number of benzene rings is 3. The minimum Gasteiger partial charge on any atom is -0.344 e. The fourth-order valence-corrected chi connectivity index (χ4v) is 4.50. The van der Waals surface area contributed by atoms with E-state index < -0.39 is 17.8 Å². The molecule has 0 aromatic heterocycles. The van der Waals surface area contributed by atoms with Crippen LogP contribution in [-0.4, -0.2) is 30.8 Å². The summed E-state index contributed by atoms with van der Waals surface area (Å²) in [5.41, 5.74) is 4.88. The quantitative estimate of drug-likeness (QED) is 0.538. The van der Waals surface area contributed by atoms with Crippen LogP contribution >= 0.6 is 0 Å². The number of carbonyl (C=O) groups is 3. The fraction of sp³-hybridized carbons (Fsp3) is 0.250. The number of hydrogen-bond donors (Lipinski definition) is 2. The minimum atomic E-state index is -0.859. The average molecular weight is 474 g/mol. The number of amides is 3. The molecule has 4 rings (SSSR count). The number of anilines is 2. The van der Waals surface area contributed by atoms with E-state index in [9.17, 15) is 18.8 Å². The van der Waals surface area contributed by atoms with E-state index >= 15 is 0 Å². The summed E-state index contributed by atoms with van der Waals surface area (Å²) in [7, 11) is 1.59. The topological polar surface area (TPSA) is 78.5 Å². The van der Waals surface area contributed by atoms with E-state index in [1.54, 1.807) is 7.05 Å². The van der Waals surface area contributed by atoms with E-state index in [4.69, 9.17) is 0 Å². The van der Waals surface area contributed by atoms with Crippen LogP contribution in [0.2, 0.25) is 0 Å². The highest BCUT2D eigenvalue weighted by Crippen LogP contribution is 2.39. The zero-order chi connectivity index (χ0) is 25.1. The molecule has 2 N–H and O–H groups in total. The summed E-state index contributed by atoms with van der Waals surface area (Å²) in [5, 5.41) is 5.75. The first-order valence-corrected chi connectivity index (χ1v) is 11.5. The van der Waals surface area contributed by atoms with Gasteiger partial charge in [0.05, 0.1) is 5.92 Å². The monoisotopic (exact) mass is 473 g/mol. The van der Waals surface area contributed by atoms with Crippen LogP contribution in [0.15, 0.2) is 66.7 Å². The zero-order valence-electron chi connectivity index (χ0n) is 20.0. The van der Waals surface area contributed by atoms with Gasteiger partial charge in [0.2, 0.25) is 17.7 Å². The Bertz CT molecular complexity index is 1260. The predicted octanol–water partition coefficient (Wildman–Crippen LogP) is 4.26. The standard InChI is InChI=1S/C28H28FN3O3/c1-17-9-10-18(2)26-25(17)22(27(34)31-26)16-24(33)30-23(15-19-7-5-4-6-8-19)28(35)32(3)21-13-11-20(29)12-14-21/h4-14,22-23H,15-16H2,1-3H3,(H,30,33)(H,31,34). The molecule has 0 saturated heterocycles. The van der Waals surface area contributed by atoms with E-state index in [0.717, 1.165) is 27.9 Å². The van der Waals surface area contributed by atoms with Crippen molar-refractivity contribution in [3.63, 3.8) is 0 Å². The van der Waals surface area contributed by atoms with Crippen molar-refractivity contribution in [3.8, 4) is 0 Å². The third-order valence-corrected chi connectivity index (χ3v) is 6.43. The summed E-state index contributed by atoms with van der Waals surface area (Å²) in [6.07, 6.45) is 0.213. The molecular formula is C28H28FN3O3. The molecule has 2 unspecified atom stereocenters. The number of rotatable bonds is 7. The van der Waals surface area contributed by atoms with Gasteiger partial charge in [0, 0.05) is 31.3 Å². The highest BCUT2D eigenvalue weighted by Gasteiger charge is 2.35. The maximum absolute atomic E-state index is 13.4. The van der Waals surface area contributed by atoms with Crippen LogP contribution in [0.25, 0.3) is 0 Å². The normalized spacial score (nSPS) is 15.2. The molecular weight excluding hydrogens is 445 g/mol. The summed E-state index contributed by atoms with van der Waals surface area (Å²) in [6.45, 7) is 3.84. The van der Waals surface area contributed by atoms with Crippen molar-refractivity contribution in [2.45, 2.75) is 38.6 Å². The number of carbonyl (C=O) groups excluding carboxylic acids is 3. The highest BCUT2D eigenvalue weighted by atomic mass is 19.1. The summed E-state index contributed by atoms with van der Waals surface area (Å²) < 4.78 is 13.4.